The first-order valence-corrected chi connectivity index (χ1v) is 5.79. The van der Waals surface area contributed by atoms with Gasteiger partial charge < -0.3 is 9.64 Å². The molecule has 0 spiro atoms. The topological polar surface area (TPSA) is 29.5 Å². The molecule has 0 saturated carbocycles. The first kappa shape index (κ1) is 11.9. The summed E-state index contributed by atoms with van der Waals surface area (Å²) in [6.45, 7) is 0.749. The van der Waals surface area contributed by atoms with Crippen LogP contribution in [-0.2, 0) is 11.2 Å². The van der Waals surface area contributed by atoms with Crippen molar-refractivity contribution in [2.45, 2.75) is 25.3 Å². The van der Waals surface area contributed by atoms with E-state index in [-0.39, 0.29) is 18.0 Å². The van der Waals surface area contributed by atoms with Gasteiger partial charge in [-0.2, -0.15) is 0 Å². The molecule has 2 rings (SSSR count). The van der Waals surface area contributed by atoms with Gasteiger partial charge in [0.2, 0.25) is 0 Å². The Hall–Kier alpha value is -1.58. The maximum atomic E-state index is 12.8. The van der Waals surface area contributed by atoms with Crippen LogP contribution in [0.4, 0.5) is 9.18 Å². The number of nitrogens with zero attached hydrogens (tertiary/aromatic N) is 1. The minimum Gasteiger partial charge on any atom is -0.453 e. The second-order valence-corrected chi connectivity index (χ2v) is 4.29. The van der Waals surface area contributed by atoms with Gasteiger partial charge >= 0.3 is 6.09 Å². The minimum absolute atomic E-state index is 0.174. The third-order valence-corrected chi connectivity index (χ3v) is 3.17. The number of methoxy groups -OCH3 is 1. The SMILES string of the molecule is COC(=O)N1CCCC1Cc1ccc(F)cc1. The summed E-state index contributed by atoms with van der Waals surface area (Å²) < 4.78 is 17.5. The summed E-state index contributed by atoms with van der Waals surface area (Å²) in [6, 6.07) is 6.61. The fraction of sp³-hybridized carbons (Fsp3) is 0.462. The number of ether oxygens (including phenoxy) is 1. The molecule has 1 amide bonds. The molecule has 1 atom stereocenters. The Kier molecular flexibility index (Phi) is 3.61. The number of benzene rings is 1. The first-order chi connectivity index (χ1) is 8.20. The Morgan fingerprint density at radius 2 is 2.18 bits per heavy atom. The van der Waals surface area contributed by atoms with E-state index in [0.717, 1.165) is 31.4 Å². The van der Waals surface area contributed by atoms with Crippen molar-refractivity contribution in [2.24, 2.45) is 0 Å². The second-order valence-electron chi connectivity index (χ2n) is 4.29. The summed E-state index contributed by atoms with van der Waals surface area (Å²) in [7, 11) is 1.40. The monoisotopic (exact) mass is 237 g/mol. The predicted molar refractivity (Wildman–Crippen MR) is 62.2 cm³/mol. The summed E-state index contributed by atoms with van der Waals surface area (Å²) in [4.78, 5) is 13.3. The Bertz CT molecular complexity index is 391. The molecule has 0 N–H and O–H groups in total. The zero-order valence-corrected chi connectivity index (χ0v) is 9.86. The molecule has 3 nitrogen and oxygen atoms in total. The van der Waals surface area contributed by atoms with E-state index in [1.807, 2.05) is 0 Å². The number of carbonyl (C=O) groups excluding carboxylic acids is 1. The number of hydrogen-bond donors (Lipinski definition) is 0. The van der Waals surface area contributed by atoms with Crippen molar-refractivity contribution >= 4 is 6.09 Å². The van der Waals surface area contributed by atoms with Crippen LogP contribution in [0.25, 0.3) is 0 Å². The second kappa shape index (κ2) is 5.17. The lowest BCUT2D eigenvalue weighted by Gasteiger charge is -2.23. The molecule has 1 heterocycles. The van der Waals surface area contributed by atoms with Gasteiger partial charge in [0.25, 0.3) is 0 Å². The molecule has 17 heavy (non-hydrogen) atoms. The molecule has 0 aromatic heterocycles. The molecule has 1 fully saturated rings. The summed E-state index contributed by atoms with van der Waals surface area (Å²) in [5.41, 5.74) is 1.05. The smallest absolute Gasteiger partial charge is 0.409 e. The van der Waals surface area contributed by atoms with Crippen LogP contribution in [0.15, 0.2) is 24.3 Å². The molecule has 0 radical (unpaired) electrons. The lowest BCUT2D eigenvalue weighted by atomic mass is 10.0. The zero-order valence-electron chi connectivity index (χ0n) is 9.86. The third-order valence-electron chi connectivity index (χ3n) is 3.17. The van der Waals surface area contributed by atoms with Crippen LogP contribution in [0.5, 0.6) is 0 Å². The molecule has 1 aliphatic rings. The van der Waals surface area contributed by atoms with Crippen LogP contribution < -0.4 is 0 Å². The number of likely N-dealkylation sites (tertiary alicyclic amines) is 1. The van der Waals surface area contributed by atoms with Gasteiger partial charge in [0.1, 0.15) is 5.82 Å². The maximum Gasteiger partial charge on any atom is 0.409 e. The average Bonchev–Trinajstić information content (AvgIpc) is 2.79. The van der Waals surface area contributed by atoms with Gasteiger partial charge in [0, 0.05) is 12.6 Å². The number of rotatable bonds is 2. The molecule has 1 aromatic rings. The highest BCUT2D eigenvalue weighted by Crippen LogP contribution is 2.21. The Balaban J connectivity index is 2.02. The van der Waals surface area contributed by atoms with Crippen molar-refractivity contribution < 1.29 is 13.9 Å². The molecule has 1 unspecified atom stereocenters. The first-order valence-electron chi connectivity index (χ1n) is 5.79. The van der Waals surface area contributed by atoms with Crippen LogP contribution >= 0.6 is 0 Å². The van der Waals surface area contributed by atoms with Crippen molar-refractivity contribution in [3.63, 3.8) is 0 Å². The summed E-state index contributed by atoms with van der Waals surface area (Å²) in [6.07, 6.45) is 2.47. The van der Waals surface area contributed by atoms with E-state index < -0.39 is 0 Å². The highest BCUT2D eigenvalue weighted by molar-refractivity contribution is 5.68. The van der Waals surface area contributed by atoms with E-state index in [1.54, 1.807) is 17.0 Å². The largest absolute Gasteiger partial charge is 0.453 e. The van der Waals surface area contributed by atoms with E-state index in [4.69, 9.17) is 4.74 Å². The fourth-order valence-electron chi connectivity index (χ4n) is 2.30. The molecule has 1 aliphatic heterocycles. The Morgan fingerprint density at radius 3 is 2.82 bits per heavy atom. The number of hydrogen-bond acceptors (Lipinski definition) is 2. The van der Waals surface area contributed by atoms with Gasteiger partial charge in [-0.15, -0.1) is 0 Å². The number of carbonyl (C=O) groups is 1. The van der Waals surface area contributed by atoms with E-state index in [1.165, 1.54) is 19.2 Å². The van der Waals surface area contributed by atoms with Crippen molar-refractivity contribution in [1.29, 1.82) is 0 Å². The maximum absolute atomic E-state index is 12.8. The molecule has 4 heteroatoms. The third kappa shape index (κ3) is 2.75. The molecule has 92 valence electrons. The van der Waals surface area contributed by atoms with Crippen LogP contribution in [0.1, 0.15) is 18.4 Å². The van der Waals surface area contributed by atoms with Crippen LogP contribution in [0, 0.1) is 5.82 Å². The highest BCUT2D eigenvalue weighted by Gasteiger charge is 2.29. The Labute approximate surface area is 100 Å². The lowest BCUT2D eigenvalue weighted by molar-refractivity contribution is 0.119. The average molecular weight is 237 g/mol. The van der Waals surface area contributed by atoms with Gasteiger partial charge in [-0.1, -0.05) is 12.1 Å². The quantitative estimate of drug-likeness (QED) is 0.791. The number of amides is 1. The van der Waals surface area contributed by atoms with E-state index >= 15 is 0 Å². The van der Waals surface area contributed by atoms with Crippen molar-refractivity contribution in [3.8, 4) is 0 Å². The minimum atomic E-state index is -0.269. The van der Waals surface area contributed by atoms with Gasteiger partial charge in [0.05, 0.1) is 7.11 Å². The van der Waals surface area contributed by atoms with Crippen molar-refractivity contribution in [3.05, 3.63) is 35.6 Å². The zero-order chi connectivity index (χ0) is 12.3. The standard InChI is InChI=1S/C13H16FNO2/c1-17-13(16)15-8-2-3-12(15)9-10-4-6-11(14)7-5-10/h4-7,12H,2-3,8-9H2,1H3. The van der Waals surface area contributed by atoms with E-state index in [2.05, 4.69) is 0 Å². The summed E-state index contributed by atoms with van der Waals surface area (Å²) in [5.74, 6) is -0.231. The Morgan fingerprint density at radius 1 is 1.47 bits per heavy atom. The molecular formula is C13H16FNO2. The van der Waals surface area contributed by atoms with E-state index in [0.29, 0.717) is 0 Å². The molecule has 1 aromatic carbocycles. The van der Waals surface area contributed by atoms with Gasteiger partial charge in [-0.25, -0.2) is 9.18 Å². The highest BCUT2D eigenvalue weighted by atomic mass is 19.1. The molecule has 1 saturated heterocycles. The van der Waals surface area contributed by atoms with Crippen molar-refractivity contribution in [2.75, 3.05) is 13.7 Å². The summed E-state index contributed by atoms with van der Waals surface area (Å²) in [5, 5.41) is 0. The fourth-order valence-corrected chi connectivity index (χ4v) is 2.30. The van der Waals surface area contributed by atoms with Gasteiger partial charge in [0.15, 0.2) is 0 Å². The number of halogens is 1. The predicted octanol–water partition coefficient (Wildman–Crippen LogP) is 2.60. The van der Waals surface area contributed by atoms with Crippen molar-refractivity contribution in [1.82, 2.24) is 4.90 Å². The normalized spacial score (nSPS) is 19.4. The molecular weight excluding hydrogens is 221 g/mol. The molecule has 0 aliphatic carbocycles. The van der Waals surface area contributed by atoms with Gasteiger partial charge in [-0.05, 0) is 37.0 Å². The lowest BCUT2D eigenvalue weighted by Crippen LogP contribution is -2.36. The summed E-state index contributed by atoms with van der Waals surface area (Å²) >= 11 is 0. The van der Waals surface area contributed by atoms with Crippen LogP contribution in [0.2, 0.25) is 0 Å². The van der Waals surface area contributed by atoms with E-state index in [9.17, 15) is 9.18 Å². The van der Waals surface area contributed by atoms with Crippen LogP contribution in [0.3, 0.4) is 0 Å². The van der Waals surface area contributed by atoms with Gasteiger partial charge in [-0.3, -0.25) is 0 Å². The van der Waals surface area contributed by atoms with Crippen LogP contribution in [-0.4, -0.2) is 30.7 Å². The molecule has 0 bridgehead atoms.